The molecule has 0 radical (unpaired) electrons. The first-order valence-corrected chi connectivity index (χ1v) is 3.16. The number of aliphatic hydroxyl groups is 1. The molecule has 0 saturated carbocycles. The van der Waals surface area contributed by atoms with E-state index in [2.05, 4.69) is 0 Å². The molecule has 0 amide bonds. The van der Waals surface area contributed by atoms with Crippen LogP contribution in [0, 0.1) is 5.41 Å². The van der Waals surface area contributed by atoms with Crippen molar-refractivity contribution < 1.29 is 5.11 Å². The molecule has 0 aromatic carbocycles. The average Bonchev–Trinajstić information content (AvgIpc) is 1.62. The van der Waals surface area contributed by atoms with Gasteiger partial charge in [0.2, 0.25) is 0 Å². The van der Waals surface area contributed by atoms with E-state index < -0.39 is 0 Å². The summed E-state index contributed by atoms with van der Waals surface area (Å²) in [5, 5.41) is 9.19. The monoisotopic (exact) mass is 116 g/mol. The van der Waals surface area contributed by atoms with Crippen molar-refractivity contribution in [3.63, 3.8) is 0 Å². The van der Waals surface area contributed by atoms with Crippen LogP contribution in [0.5, 0.6) is 0 Å². The van der Waals surface area contributed by atoms with E-state index in [1.807, 2.05) is 27.7 Å². The molecule has 0 heterocycles. The minimum atomic E-state index is -0.150. The van der Waals surface area contributed by atoms with Crippen LogP contribution in [-0.4, -0.2) is 11.2 Å². The second-order valence-electron chi connectivity index (χ2n) is 3.29. The fourth-order valence-corrected chi connectivity index (χ4v) is 0.612. The van der Waals surface area contributed by atoms with Gasteiger partial charge in [-0.1, -0.05) is 27.7 Å². The number of rotatable bonds is 1. The van der Waals surface area contributed by atoms with Crippen LogP contribution in [0.15, 0.2) is 0 Å². The second kappa shape index (κ2) is 2.49. The van der Waals surface area contributed by atoms with E-state index in [1.165, 1.54) is 0 Å². The zero-order chi connectivity index (χ0) is 6.78. The third-order valence-corrected chi connectivity index (χ3v) is 1.39. The molecule has 8 heavy (non-hydrogen) atoms. The van der Waals surface area contributed by atoms with E-state index in [4.69, 9.17) is 0 Å². The van der Waals surface area contributed by atoms with E-state index in [0.717, 1.165) is 6.42 Å². The Morgan fingerprint density at radius 3 is 1.75 bits per heavy atom. The van der Waals surface area contributed by atoms with Crippen LogP contribution in [0.25, 0.3) is 0 Å². The summed E-state index contributed by atoms with van der Waals surface area (Å²) >= 11 is 0. The minimum Gasteiger partial charge on any atom is -0.393 e. The highest BCUT2D eigenvalue weighted by Gasteiger charge is 2.19. The van der Waals surface area contributed by atoms with Gasteiger partial charge in [-0.3, -0.25) is 0 Å². The molecule has 1 N–H and O–H groups in total. The Kier molecular flexibility index (Phi) is 2.48. The highest BCUT2D eigenvalue weighted by atomic mass is 16.3. The van der Waals surface area contributed by atoms with Crippen molar-refractivity contribution in [1.82, 2.24) is 0 Å². The van der Waals surface area contributed by atoms with Crippen molar-refractivity contribution in [3.8, 4) is 0 Å². The third-order valence-electron chi connectivity index (χ3n) is 1.39. The van der Waals surface area contributed by atoms with Crippen LogP contribution in [0.1, 0.15) is 34.1 Å². The van der Waals surface area contributed by atoms with Crippen LogP contribution in [-0.2, 0) is 0 Å². The van der Waals surface area contributed by atoms with E-state index >= 15 is 0 Å². The molecule has 0 aliphatic carbocycles. The summed E-state index contributed by atoms with van der Waals surface area (Å²) in [6.07, 6.45) is 0.700. The van der Waals surface area contributed by atoms with Gasteiger partial charge in [0.15, 0.2) is 0 Å². The van der Waals surface area contributed by atoms with Crippen molar-refractivity contribution >= 4 is 0 Å². The number of hydrogen-bond donors (Lipinski definition) is 1. The minimum absolute atomic E-state index is 0.0642. The average molecular weight is 116 g/mol. The van der Waals surface area contributed by atoms with Gasteiger partial charge in [-0.15, -0.1) is 0 Å². The van der Waals surface area contributed by atoms with Crippen LogP contribution < -0.4 is 0 Å². The smallest absolute Gasteiger partial charge is 0.0585 e. The van der Waals surface area contributed by atoms with Crippen LogP contribution in [0.4, 0.5) is 0 Å². The Bertz CT molecular complexity index is 61.3. The Labute approximate surface area is 51.7 Å². The fraction of sp³-hybridized carbons (Fsp3) is 1.00. The van der Waals surface area contributed by atoms with E-state index in [-0.39, 0.29) is 11.5 Å². The molecule has 0 spiro atoms. The lowest BCUT2D eigenvalue weighted by Crippen LogP contribution is -2.24. The summed E-state index contributed by atoms with van der Waals surface area (Å²) < 4.78 is 0. The molecule has 1 nitrogen and oxygen atoms in total. The topological polar surface area (TPSA) is 20.2 Å². The molecule has 0 rings (SSSR count). The molecule has 0 fully saturated rings. The Morgan fingerprint density at radius 2 is 1.75 bits per heavy atom. The Hall–Kier alpha value is -0.0400. The summed E-state index contributed by atoms with van der Waals surface area (Å²) in [4.78, 5) is 0. The van der Waals surface area contributed by atoms with Crippen molar-refractivity contribution in [1.29, 1.82) is 0 Å². The van der Waals surface area contributed by atoms with Gasteiger partial charge < -0.3 is 5.11 Å². The maximum Gasteiger partial charge on any atom is 0.0585 e. The normalized spacial score (nSPS) is 16.1. The Morgan fingerprint density at radius 1 is 1.38 bits per heavy atom. The van der Waals surface area contributed by atoms with Gasteiger partial charge in [0.05, 0.1) is 6.10 Å². The van der Waals surface area contributed by atoms with Gasteiger partial charge in [-0.2, -0.15) is 0 Å². The molecule has 0 aliphatic rings. The first-order valence-electron chi connectivity index (χ1n) is 3.16. The highest BCUT2D eigenvalue weighted by molar-refractivity contribution is 4.70. The van der Waals surface area contributed by atoms with E-state index in [1.54, 1.807) is 0 Å². The molecule has 1 heteroatoms. The molecule has 0 saturated heterocycles. The molecule has 1 atom stereocenters. The maximum absolute atomic E-state index is 9.19. The maximum atomic E-state index is 9.19. The van der Waals surface area contributed by atoms with Crippen molar-refractivity contribution in [2.45, 2.75) is 40.2 Å². The van der Waals surface area contributed by atoms with Crippen molar-refractivity contribution in [2.75, 3.05) is 0 Å². The predicted molar refractivity (Wildman–Crippen MR) is 35.8 cm³/mol. The standard InChI is InChI=1S/C7H16O/c1-5-6(8)7(2,3)4/h6,8H,5H2,1-4H3/t6-/m0/s1. The highest BCUT2D eigenvalue weighted by Crippen LogP contribution is 2.20. The number of hydrogen-bond acceptors (Lipinski definition) is 1. The first-order chi connectivity index (χ1) is 3.48. The molecular weight excluding hydrogens is 100 g/mol. The lowest BCUT2D eigenvalue weighted by Gasteiger charge is -2.24. The third kappa shape index (κ3) is 2.31. The van der Waals surface area contributed by atoms with Crippen LogP contribution in [0.2, 0.25) is 0 Å². The van der Waals surface area contributed by atoms with E-state index in [9.17, 15) is 5.11 Å². The molecule has 0 bridgehead atoms. The summed E-state index contributed by atoms with van der Waals surface area (Å²) in [5.41, 5.74) is 0.0642. The van der Waals surface area contributed by atoms with Crippen molar-refractivity contribution in [3.05, 3.63) is 0 Å². The van der Waals surface area contributed by atoms with Gasteiger partial charge in [0.25, 0.3) is 0 Å². The summed E-state index contributed by atoms with van der Waals surface area (Å²) in [6.45, 7) is 8.12. The number of aliphatic hydroxyl groups excluding tert-OH is 1. The van der Waals surface area contributed by atoms with Gasteiger partial charge in [-0.25, -0.2) is 0 Å². The zero-order valence-corrected chi connectivity index (χ0v) is 6.23. The van der Waals surface area contributed by atoms with Gasteiger partial charge in [0.1, 0.15) is 0 Å². The largest absolute Gasteiger partial charge is 0.393 e. The van der Waals surface area contributed by atoms with Gasteiger partial charge >= 0.3 is 0 Å². The van der Waals surface area contributed by atoms with E-state index in [0.29, 0.717) is 0 Å². The van der Waals surface area contributed by atoms with Gasteiger partial charge in [-0.05, 0) is 11.8 Å². The Balaban J connectivity index is 3.62. The summed E-state index contributed by atoms with van der Waals surface area (Å²) in [6, 6.07) is 0. The molecule has 0 aromatic heterocycles. The lowest BCUT2D eigenvalue weighted by molar-refractivity contribution is 0.0600. The SMILES string of the molecule is CC[C@H](O)C(C)(C)C. The first kappa shape index (κ1) is 7.96. The molecule has 0 unspecified atom stereocenters. The quantitative estimate of drug-likeness (QED) is 0.554. The van der Waals surface area contributed by atoms with Gasteiger partial charge in [0, 0.05) is 0 Å². The zero-order valence-electron chi connectivity index (χ0n) is 6.23. The lowest BCUT2D eigenvalue weighted by atomic mass is 9.88. The molecular formula is C7H16O. The summed E-state index contributed by atoms with van der Waals surface area (Å²) in [7, 11) is 0. The molecule has 0 aromatic rings. The molecule has 50 valence electrons. The second-order valence-corrected chi connectivity index (χ2v) is 3.29. The predicted octanol–water partition coefficient (Wildman–Crippen LogP) is 1.80. The molecule has 0 aliphatic heterocycles. The summed E-state index contributed by atoms with van der Waals surface area (Å²) in [5.74, 6) is 0. The van der Waals surface area contributed by atoms with Crippen LogP contribution in [0.3, 0.4) is 0 Å². The van der Waals surface area contributed by atoms with Crippen LogP contribution >= 0.6 is 0 Å². The fourth-order valence-electron chi connectivity index (χ4n) is 0.612. The van der Waals surface area contributed by atoms with Crippen molar-refractivity contribution in [2.24, 2.45) is 5.41 Å².